The largest absolute Gasteiger partial charge is 0.486 e. The van der Waals surface area contributed by atoms with Crippen molar-refractivity contribution in [1.82, 2.24) is 25.0 Å². The maximum absolute atomic E-state index is 12.7. The molecule has 0 unspecified atom stereocenters. The minimum atomic E-state index is -0.498. The molecule has 10 heteroatoms. The van der Waals surface area contributed by atoms with Gasteiger partial charge in [-0.1, -0.05) is 53.7 Å². The fourth-order valence-electron chi connectivity index (χ4n) is 3.23. The summed E-state index contributed by atoms with van der Waals surface area (Å²) in [5.41, 5.74) is 1.07. The van der Waals surface area contributed by atoms with E-state index in [4.69, 9.17) is 16.3 Å². The van der Waals surface area contributed by atoms with Crippen molar-refractivity contribution < 1.29 is 14.3 Å². The van der Waals surface area contributed by atoms with E-state index in [2.05, 4.69) is 15.5 Å². The van der Waals surface area contributed by atoms with Gasteiger partial charge >= 0.3 is 6.03 Å². The molecule has 0 bridgehead atoms. The summed E-state index contributed by atoms with van der Waals surface area (Å²) >= 11 is 7.21. The molecule has 0 spiro atoms. The normalized spacial score (nSPS) is 14.3. The smallest absolute Gasteiger partial charge is 0.324 e. The minimum absolute atomic E-state index is 0.207. The number of halogens is 1. The van der Waals surface area contributed by atoms with Gasteiger partial charge in [0, 0.05) is 18.1 Å². The average Bonchev–Trinajstić information content (AvgIpc) is 3.39. The molecule has 4 rings (SSSR count). The Hall–Kier alpha value is -3.04. The molecule has 1 saturated heterocycles. The summed E-state index contributed by atoms with van der Waals surface area (Å²) < 4.78 is 7.80. The lowest BCUT2D eigenvalue weighted by Crippen LogP contribution is -2.39. The lowest BCUT2D eigenvalue weighted by Gasteiger charge is -2.18. The highest BCUT2D eigenvalue weighted by Gasteiger charge is 2.31. The molecule has 1 aliphatic rings. The first-order valence-corrected chi connectivity index (χ1v) is 11.4. The number of imide groups is 1. The molecular weight excluding hydrogens is 450 g/mol. The van der Waals surface area contributed by atoms with Crippen LogP contribution in [0.3, 0.4) is 0 Å². The standard InChI is InChI=1S/C22H22ClN5O3S/c1-15(20(29)27-12-11-24-21(27)30)32-22-26-25-19(14-31-18-9-7-17(23)8-10-18)28(22)13-16-5-3-2-4-6-16/h2-10,15H,11-14H2,1H3,(H,24,30)/t15-/m1/s1. The number of amides is 3. The Kier molecular flexibility index (Phi) is 6.96. The van der Waals surface area contributed by atoms with Gasteiger partial charge < -0.3 is 10.1 Å². The molecule has 1 aromatic heterocycles. The number of nitrogens with one attached hydrogen (secondary N) is 1. The van der Waals surface area contributed by atoms with E-state index in [9.17, 15) is 9.59 Å². The lowest BCUT2D eigenvalue weighted by atomic mass is 10.2. The van der Waals surface area contributed by atoms with E-state index in [1.54, 1.807) is 31.2 Å². The second-order valence-corrected chi connectivity index (χ2v) is 8.94. The van der Waals surface area contributed by atoms with Crippen LogP contribution in [0.15, 0.2) is 59.8 Å². The molecule has 0 radical (unpaired) electrons. The summed E-state index contributed by atoms with van der Waals surface area (Å²) in [6.45, 7) is 3.35. The molecule has 1 atom stereocenters. The molecule has 3 amide bonds. The van der Waals surface area contributed by atoms with Gasteiger partial charge in [-0.15, -0.1) is 10.2 Å². The van der Waals surface area contributed by atoms with Crippen LogP contribution in [-0.2, 0) is 17.9 Å². The number of thioether (sulfide) groups is 1. The number of aromatic nitrogens is 3. The molecule has 2 heterocycles. The lowest BCUT2D eigenvalue weighted by molar-refractivity contribution is -0.126. The van der Waals surface area contributed by atoms with Crippen LogP contribution in [0.5, 0.6) is 5.75 Å². The zero-order chi connectivity index (χ0) is 22.5. The van der Waals surface area contributed by atoms with Crippen molar-refractivity contribution in [2.75, 3.05) is 13.1 Å². The molecule has 2 aromatic carbocycles. The highest BCUT2D eigenvalue weighted by Crippen LogP contribution is 2.26. The first-order chi connectivity index (χ1) is 15.5. The van der Waals surface area contributed by atoms with E-state index in [0.29, 0.717) is 41.4 Å². The predicted octanol–water partition coefficient (Wildman–Crippen LogP) is 3.59. The van der Waals surface area contributed by atoms with Crippen LogP contribution in [-0.4, -0.2) is 49.9 Å². The van der Waals surface area contributed by atoms with Gasteiger partial charge in [0.1, 0.15) is 12.4 Å². The fourth-order valence-corrected chi connectivity index (χ4v) is 4.28. The van der Waals surface area contributed by atoms with Gasteiger partial charge in [0.25, 0.3) is 0 Å². The highest BCUT2D eigenvalue weighted by molar-refractivity contribution is 8.00. The number of rotatable bonds is 8. The Morgan fingerprint density at radius 2 is 1.94 bits per heavy atom. The number of carbonyl (C=O) groups excluding carboxylic acids is 2. The van der Waals surface area contributed by atoms with Gasteiger partial charge in [-0.3, -0.25) is 14.3 Å². The van der Waals surface area contributed by atoms with Crippen molar-refractivity contribution in [2.24, 2.45) is 0 Å². The van der Waals surface area contributed by atoms with Gasteiger partial charge in [0.05, 0.1) is 11.8 Å². The quantitative estimate of drug-likeness (QED) is 0.505. The molecule has 3 aromatic rings. The van der Waals surface area contributed by atoms with Gasteiger partial charge in [0.15, 0.2) is 11.0 Å². The van der Waals surface area contributed by atoms with Crippen LogP contribution in [0.2, 0.25) is 5.02 Å². The van der Waals surface area contributed by atoms with Crippen molar-refractivity contribution in [1.29, 1.82) is 0 Å². The Morgan fingerprint density at radius 1 is 1.19 bits per heavy atom. The number of carbonyl (C=O) groups is 2. The molecule has 1 N–H and O–H groups in total. The van der Waals surface area contributed by atoms with Gasteiger partial charge in [-0.25, -0.2) is 4.79 Å². The van der Waals surface area contributed by atoms with Crippen LogP contribution in [0.4, 0.5) is 4.79 Å². The highest BCUT2D eigenvalue weighted by atomic mass is 35.5. The van der Waals surface area contributed by atoms with E-state index in [1.165, 1.54) is 16.7 Å². The molecule has 1 aliphatic heterocycles. The monoisotopic (exact) mass is 471 g/mol. The topological polar surface area (TPSA) is 89.3 Å². The van der Waals surface area contributed by atoms with Crippen LogP contribution < -0.4 is 10.1 Å². The van der Waals surface area contributed by atoms with Crippen LogP contribution >= 0.6 is 23.4 Å². The van der Waals surface area contributed by atoms with E-state index in [0.717, 1.165) is 5.56 Å². The first kappa shape index (κ1) is 22.2. The fraction of sp³-hybridized carbons (Fsp3) is 0.273. The number of ether oxygens (including phenoxy) is 1. The summed E-state index contributed by atoms with van der Waals surface area (Å²) in [6.07, 6.45) is 0. The van der Waals surface area contributed by atoms with Crippen molar-refractivity contribution in [2.45, 2.75) is 30.5 Å². The number of nitrogens with zero attached hydrogens (tertiary/aromatic N) is 4. The van der Waals surface area contributed by atoms with E-state index < -0.39 is 5.25 Å². The Morgan fingerprint density at radius 3 is 2.62 bits per heavy atom. The third-order valence-electron chi connectivity index (χ3n) is 4.91. The number of benzene rings is 2. The predicted molar refractivity (Wildman–Crippen MR) is 122 cm³/mol. The van der Waals surface area contributed by atoms with Crippen LogP contribution in [0, 0.1) is 0 Å². The zero-order valence-electron chi connectivity index (χ0n) is 17.4. The Bertz CT molecular complexity index is 1090. The SMILES string of the molecule is C[C@@H](Sc1nnc(COc2ccc(Cl)cc2)n1Cc1ccccc1)C(=O)N1CCNC1=O. The van der Waals surface area contributed by atoms with Crippen LogP contribution in [0.1, 0.15) is 18.3 Å². The molecular formula is C22H22ClN5O3S. The van der Waals surface area contributed by atoms with Gasteiger partial charge in [-0.05, 0) is 36.8 Å². The second-order valence-electron chi connectivity index (χ2n) is 7.20. The Labute approximate surface area is 194 Å². The second kappa shape index (κ2) is 10.1. The molecule has 166 valence electrons. The summed E-state index contributed by atoms with van der Waals surface area (Å²) in [5.74, 6) is 1.05. The first-order valence-electron chi connectivity index (χ1n) is 10.1. The average molecular weight is 472 g/mol. The molecule has 32 heavy (non-hydrogen) atoms. The van der Waals surface area contributed by atoms with Crippen molar-refractivity contribution in [3.8, 4) is 5.75 Å². The summed E-state index contributed by atoms with van der Waals surface area (Å²) in [7, 11) is 0. The maximum atomic E-state index is 12.7. The van der Waals surface area contributed by atoms with Crippen molar-refractivity contribution in [3.63, 3.8) is 0 Å². The molecule has 8 nitrogen and oxygen atoms in total. The van der Waals surface area contributed by atoms with Crippen molar-refractivity contribution >= 4 is 35.3 Å². The van der Waals surface area contributed by atoms with E-state index >= 15 is 0 Å². The van der Waals surface area contributed by atoms with Gasteiger partial charge in [0.2, 0.25) is 5.91 Å². The molecule has 0 saturated carbocycles. The number of urea groups is 1. The molecule has 0 aliphatic carbocycles. The van der Waals surface area contributed by atoms with E-state index in [-0.39, 0.29) is 18.5 Å². The zero-order valence-corrected chi connectivity index (χ0v) is 19.0. The summed E-state index contributed by atoms with van der Waals surface area (Å²) in [6, 6.07) is 16.7. The van der Waals surface area contributed by atoms with Crippen LogP contribution in [0.25, 0.3) is 0 Å². The maximum Gasteiger partial charge on any atom is 0.324 e. The van der Waals surface area contributed by atoms with Crippen molar-refractivity contribution in [3.05, 3.63) is 71.0 Å². The van der Waals surface area contributed by atoms with E-state index in [1.807, 2.05) is 34.9 Å². The third-order valence-corrected chi connectivity index (χ3v) is 6.23. The number of hydrogen-bond acceptors (Lipinski definition) is 6. The summed E-state index contributed by atoms with van der Waals surface area (Å²) in [4.78, 5) is 25.8. The molecule has 1 fully saturated rings. The Balaban J connectivity index is 1.53. The summed E-state index contributed by atoms with van der Waals surface area (Å²) in [5, 5.41) is 12.0. The van der Waals surface area contributed by atoms with Gasteiger partial charge in [-0.2, -0.15) is 0 Å². The third kappa shape index (κ3) is 5.23. The number of hydrogen-bond donors (Lipinski definition) is 1. The minimum Gasteiger partial charge on any atom is -0.486 e.